The molecular weight excluding hydrogens is 226 g/mol. The average molecular weight is 249 g/mol. The molecule has 4 nitrogen and oxygen atoms in total. The maximum atomic E-state index is 12.3. The van der Waals surface area contributed by atoms with E-state index in [0.717, 1.165) is 0 Å². The molecule has 3 atom stereocenters. The Bertz CT molecular complexity index is 371. The van der Waals surface area contributed by atoms with E-state index >= 15 is 0 Å². The molecule has 100 valence electrons. The summed E-state index contributed by atoms with van der Waals surface area (Å²) >= 11 is 0. The summed E-state index contributed by atoms with van der Waals surface area (Å²) in [5.41, 5.74) is -0.458. The Morgan fingerprint density at radius 2 is 2.28 bits per heavy atom. The highest BCUT2D eigenvalue weighted by atomic mass is 16.2. The zero-order valence-corrected chi connectivity index (χ0v) is 11.5. The van der Waals surface area contributed by atoms with Gasteiger partial charge in [0.2, 0.25) is 5.91 Å². The SMILES string of the molecule is C=C[C@@]1(C(C)C)CC(=O)N(C[C@@H]2C[C@H]2C)C(=N)N1. The lowest BCUT2D eigenvalue weighted by Gasteiger charge is -2.43. The zero-order chi connectivity index (χ0) is 13.5. The van der Waals surface area contributed by atoms with Crippen LogP contribution in [0.4, 0.5) is 0 Å². The van der Waals surface area contributed by atoms with E-state index in [-0.39, 0.29) is 17.8 Å². The minimum Gasteiger partial charge on any atom is -0.346 e. The van der Waals surface area contributed by atoms with Gasteiger partial charge in [0, 0.05) is 6.54 Å². The molecule has 0 bridgehead atoms. The van der Waals surface area contributed by atoms with Crippen LogP contribution in [0.1, 0.15) is 33.6 Å². The Morgan fingerprint density at radius 3 is 2.67 bits per heavy atom. The van der Waals surface area contributed by atoms with Crippen molar-refractivity contribution in [3.8, 4) is 0 Å². The number of hydrogen-bond acceptors (Lipinski definition) is 2. The quantitative estimate of drug-likeness (QED) is 0.749. The number of guanidine groups is 1. The first-order valence-corrected chi connectivity index (χ1v) is 6.70. The minimum absolute atomic E-state index is 0.0476. The van der Waals surface area contributed by atoms with Crippen LogP contribution in [0, 0.1) is 23.2 Å². The Hall–Kier alpha value is -1.32. The van der Waals surface area contributed by atoms with Gasteiger partial charge in [0.05, 0.1) is 12.0 Å². The summed E-state index contributed by atoms with van der Waals surface area (Å²) in [4.78, 5) is 13.8. The summed E-state index contributed by atoms with van der Waals surface area (Å²) in [5, 5.41) is 11.2. The molecule has 1 amide bonds. The predicted octanol–water partition coefficient (Wildman–Crippen LogP) is 1.98. The van der Waals surface area contributed by atoms with Gasteiger partial charge in [0.1, 0.15) is 0 Å². The molecule has 18 heavy (non-hydrogen) atoms. The van der Waals surface area contributed by atoms with Gasteiger partial charge in [0.25, 0.3) is 0 Å². The second kappa shape index (κ2) is 4.41. The molecule has 2 fully saturated rings. The lowest BCUT2D eigenvalue weighted by Crippen LogP contribution is -2.63. The summed E-state index contributed by atoms with van der Waals surface area (Å²) in [7, 11) is 0. The normalized spacial score (nSPS) is 35.7. The molecule has 1 saturated carbocycles. The van der Waals surface area contributed by atoms with Crippen molar-refractivity contribution in [3.63, 3.8) is 0 Å². The molecule has 2 aliphatic rings. The summed E-state index contributed by atoms with van der Waals surface area (Å²) in [6.45, 7) is 10.8. The lowest BCUT2D eigenvalue weighted by atomic mass is 9.81. The summed E-state index contributed by atoms with van der Waals surface area (Å²) in [5.74, 6) is 1.79. The highest BCUT2D eigenvalue weighted by molar-refractivity contribution is 5.99. The van der Waals surface area contributed by atoms with Crippen molar-refractivity contribution in [2.45, 2.75) is 39.2 Å². The Labute approximate surface area is 109 Å². The Morgan fingerprint density at radius 1 is 1.67 bits per heavy atom. The van der Waals surface area contributed by atoms with E-state index in [4.69, 9.17) is 5.41 Å². The molecule has 0 spiro atoms. The molecule has 0 aromatic carbocycles. The number of rotatable bonds is 4. The molecule has 2 rings (SSSR count). The molecule has 0 unspecified atom stereocenters. The van der Waals surface area contributed by atoms with Crippen LogP contribution in [0.3, 0.4) is 0 Å². The van der Waals surface area contributed by atoms with E-state index < -0.39 is 5.54 Å². The zero-order valence-electron chi connectivity index (χ0n) is 11.5. The second-order valence-electron chi connectivity index (χ2n) is 6.03. The van der Waals surface area contributed by atoms with Gasteiger partial charge in [-0.2, -0.15) is 0 Å². The van der Waals surface area contributed by atoms with Crippen LogP contribution in [-0.2, 0) is 4.79 Å². The van der Waals surface area contributed by atoms with E-state index in [1.54, 1.807) is 11.0 Å². The van der Waals surface area contributed by atoms with Crippen LogP contribution < -0.4 is 5.32 Å². The molecule has 1 saturated heterocycles. The smallest absolute Gasteiger partial charge is 0.231 e. The molecule has 4 heteroatoms. The monoisotopic (exact) mass is 249 g/mol. The third-order valence-electron chi connectivity index (χ3n) is 4.45. The number of carbonyl (C=O) groups is 1. The molecule has 0 aromatic heterocycles. The van der Waals surface area contributed by atoms with Gasteiger partial charge in [-0.15, -0.1) is 6.58 Å². The fraction of sp³-hybridized carbons (Fsp3) is 0.714. The third-order valence-corrected chi connectivity index (χ3v) is 4.45. The van der Waals surface area contributed by atoms with Crippen molar-refractivity contribution >= 4 is 11.9 Å². The first-order valence-electron chi connectivity index (χ1n) is 6.70. The van der Waals surface area contributed by atoms with Crippen LogP contribution in [0.25, 0.3) is 0 Å². The van der Waals surface area contributed by atoms with E-state index in [0.29, 0.717) is 24.8 Å². The maximum absolute atomic E-state index is 12.3. The number of carbonyl (C=O) groups excluding carboxylic acids is 1. The summed E-state index contributed by atoms with van der Waals surface area (Å²) in [6, 6.07) is 0. The van der Waals surface area contributed by atoms with E-state index in [9.17, 15) is 4.79 Å². The number of nitrogens with zero attached hydrogens (tertiary/aromatic N) is 1. The predicted molar refractivity (Wildman–Crippen MR) is 72.2 cm³/mol. The fourth-order valence-corrected chi connectivity index (χ4v) is 2.59. The molecule has 1 heterocycles. The molecule has 2 N–H and O–H groups in total. The first kappa shape index (κ1) is 13.1. The van der Waals surface area contributed by atoms with Crippen LogP contribution >= 0.6 is 0 Å². The van der Waals surface area contributed by atoms with Gasteiger partial charge in [-0.3, -0.25) is 15.1 Å². The summed E-state index contributed by atoms with van der Waals surface area (Å²) < 4.78 is 0. The highest BCUT2D eigenvalue weighted by Crippen LogP contribution is 2.39. The van der Waals surface area contributed by atoms with Crippen molar-refractivity contribution in [1.82, 2.24) is 10.2 Å². The molecule has 0 radical (unpaired) electrons. The van der Waals surface area contributed by atoms with Crippen molar-refractivity contribution in [2.75, 3.05) is 6.54 Å². The van der Waals surface area contributed by atoms with Gasteiger partial charge in [-0.1, -0.05) is 26.8 Å². The van der Waals surface area contributed by atoms with Crippen molar-refractivity contribution in [2.24, 2.45) is 17.8 Å². The Kier molecular flexibility index (Phi) is 3.21. The molecule has 1 aliphatic carbocycles. The number of hydrogen-bond donors (Lipinski definition) is 2. The number of amides is 1. The van der Waals surface area contributed by atoms with Gasteiger partial charge in [-0.25, -0.2) is 0 Å². The van der Waals surface area contributed by atoms with E-state index in [1.165, 1.54) is 6.42 Å². The van der Waals surface area contributed by atoms with Crippen LogP contribution in [0.5, 0.6) is 0 Å². The van der Waals surface area contributed by atoms with Gasteiger partial charge < -0.3 is 5.32 Å². The van der Waals surface area contributed by atoms with Crippen molar-refractivity contribution < 1.29 is 4.79 Å². The first-order chi connectivity index (χ1) is 8.39. The van der Waals surface area contributed by atoms with Gasteiger partial charge in [-0.05, 0) is 24.2 Å². The fourth-order valence-electron chi connectivity index (χ4n) is 2.59. The topological polar surface area (TPSA) is 56.2 Å². The largest absolute Gasteiger partial charge is 0.346 e. The van der Waals surface area contributed by atoms with Crippen LogP contribution in [0.15, 0.2) is 12.7 Å². The second-order valence-corrected chi connectivity index (χ2v) is 6.03. The van der Waals surface area contributed by atoms with Crippen LogP contribution in [0.2, 0.25) is 0 Å². The van der Waals surface area contributed by atoms with Gasteiger partial charge >= 0.3 is 0 Å². The van der Waals surface area contributed by atoms with E-state index in [1.807, 2.05) is 13.8 Å². The third kappa shape index (κ3) is 2.16. The molecule has 0 aromatic rings. The Balaban J connectivity index is 2.09. The maximum Gasteiger partial charge on any atom is 0.231 e. The van der Waals surface area contributed by atoms with Crippen molar-refractivity contribution in [1.29, 1.82) is 5.41 Å². The average Bonchev–Trinajstić information content (AvgIpc) is 2.99. The lowest BCUT2D eigenvalue weighted by molar-refractivity contribution is -0.130. The highest BCUT2D eigenvalue weighted by Gasteiger charge is 2.44. The molecular formula is C14H23N3O. The van der Waals surface area contributed by atoms with E-state index in [2.05, 4.69) is 18.8 Å². The standard InChI is InChI=1S/C14H23N3O/c1-5-14(9(2)3)7-12(18)17(13(15)16-14)8-11-6-10(11)4/h5,9-11H,1,6-8H2,2-4H3,(H2,15,16)/t10-,11+,14+/m1/s1. The summed E-state index contributed by atoms with van der Waals surface area (Å²) in [6.07, 6.45) is 3.35. The van der Waals surface area contributed by atoms with Gasteiger partial charge in [0.15, 0.2) is 5.96 Å². The van der Waals surface area contributed by atoms with Crippen molar-refractivity contribution in [3.05, 3.63) is 12.7 Å². The minimum atomic E-state index is -0.458. The number of nitrogens with one attached hydrogen (secondary N) is 2. The van der Waals surface area contributed by atoms with Crippen LogP contribution in [-0.4, -0.2) is 28.9 Å². The molecule has 1 aliphatic heterocycles.